The summed E-state index contributed by atoms with van der Waals surface area (Å²) in [7, 11) is 1.46. The predicted molar refractivity (Wildman–Crippen MR) is 45.5 cm³/mol. The summed E-state index contributed by atoms with van der Waals surface area (Å²) in [6.07, 6.45) is 6.85. The van der Waals surface area contributed by atoms with E-state index in [1.807, 2.05) is 0 Å². The van der Waals surface area contributed by atoms with Crippen LogP contribution in [0, 0.1) is 11.8 Å². The van der Waals surface area contributed by atoms with Gasteiger partial charge < -0.3 is 4.74 Å². The van der Waals surface area contributed by atoms with Crippen LogP contribution in [-0.2, 0) is 9.53 Å². The smallest absolute Gasteiger partial charge is 0.333 e. The first-order valence-electron chi connectivity index (χ1n) is 4.59. The summed E-state index contributed by atoms with van der Waals surface area (Å²) in [5, 5.41) is 0. The van der Waals surface area contributed by atoms with Crippen molar-refractivity contribution in [1.82, 2.24) is 0 Å². The van der Waals surface area contributed by atoms with Gasteiger partial charge in [0.2, 0.25) is 0 Å². The van der Waals surface area contributed by atoms with Gasteiger partial charge in [-0.2, -0.15) is 0 Å². The minimum Gasteiger partial charge on any atom is -0.466 e. The highest BCUT2D eigenvalue weighted by Crippen LogP contribution is 2.42. The zero-order chi connectivity index (χ0) is 8.55. The van der Waals surface area contributed by atoms with Gasteiger partial charge in [-0.05, 0) is 37.5 Å². The lowest BCUT2D eigenvalue weighted by atomic mass is 9.88. The van der Waals surface area contributed by atoms with Gasteiger partial charge in [0.1, 0.15) is 0 Å². The highest BCUT2D eigenvalue weighted by molar-refractivity contribution is 5.89. The summed E-state index contributed by atoms with van der Waals surface area (Å²) >= 11 is 0. The molecule has 0 heterocycles. The van der Waals surface area contributed by atoms with Gasteiger partial charge >= 0.3 is 5.97 Å². The van der Waals surface area contributed by atoms with Gasteiger partial charge in [-0.3, -0.25) is 0 Å². The average molecular weight is 166 g/mol. The Hall–Kier alpha value is -0.790. The standard InChI is InChI=1S/C10H14O2/c1-12-10(11)9-5-3-7-2-4-8(9)6-7/h5,7-8H,2-4,6H2,1H3/t7-,8?/m1/s1. The second kappa shape index (κ2) is 2.92. The topological polar surface area (TPSA) is 26.3 Å². The Labute approximate surface area is 72.6 Å². The lowest BCUT2D eigenvalue weighted by molar-refractivity contribution is -0.136. The molecule has 0 N–H and O–H groups in total. The number of ether oxygens (including phenoxy) is 1. The molecule has 1 fully saturated rings. The monoisotopic (exact) mass is 166 g/mol. The molecule has 2 aliphatic carbocycles. The molecule has 2 aliphatic rings. The molecule has 66 valence electrons. The fourth-order valence-corrected chi connectivity index (χ4v) is 2.40. The molecule has 0 spiro atoms. The SMILES string of the molecule is COC(=O)C1=CC[C@H]2CCC1C2. The van der Waals surface area contributed by atoms with Gasteiger partial charge in [0.25, 0.3) is 0 Å². The fraction of sp³-hybridized carbons (Fsp3) is 0.700. The van der Waals surface area contributed by atoms with E-state index in [1.165, 1.54) is 26.4 Å². The van der Waals surface area contributed by atoms with Crippen LogP contribution in [-0.4, -0.2) is 13.1 Å². The first-order valence-corrected chi connectivity index (χ1v) is 4.59. The second-order valence-electron chi connectivity index (χ2n) is 3.76. The molecule has 1 unspecified atom stereocenters. The fourth-order valence-electron chi connectivity index (χ4n) is 2.40. The van der Waals surface area contributed by atoms with E-state index in [9.17, 15) is 4.79 Å². The van der Waals surface area contributed by atoms with E-state index in [2.05, 4.69) is 6.08 Å². The zero-order valence-electron chi connectivity index (χ0n) is 7.38. The van der Waals surface area contributed by atoms with Crippen molar-refractivity contribution < 1.29 is 9.53 Å². The molecule has 0 amide bonds. The van der Waals surface area contributed by atoms with Gasteiger partial charge in [0.05, 0.1) is 7.11 Å². The molecule has 12 heavy (non-hydrogen) atoms. The van der Waals surface area contributed by atoms with Crippen molar-refractivity contribution in [1.29, 1.82) is 0 Å². The van der Waals surface area contributed by atoms with Crippen molar-refractivity contribution in [2.24, 2.45) is 11.8 Å². The third-order valence-electron chi connectivity index (χ3n) is 3.07. The van der Waals surface area contributed by atoms with E-state index >= 15 is 0 Å². The molecule has 1 saturated carbocycles. The molecular formula is C10H14O2. The number of methoxy groups -OCH3 is 1. The Bertz CT molecular complexity index is 230. The van der Waals surface area contributed by atoms with Crippen molar-refractivity contribution in [3.8, 4) is 0 Å². The van der Waals surface area contributed by atoms with Gasteiger partial charge in [-0.25, -0.2) is 4.79 Å². The summed E-state index contributed by atoms with van der Waals surface area (Å²) in [6, 6.07) is 0. The molecule has 0 aromatic rings. The third-order valence-corrected chi connectivity index (χ3v) is 3.07. The Balaban J connectivity index is 2.15. The van der Waals surface area contributed by atoms with Crippen LogP contribution in [0.1, 0.15) is 25.7 Å². The number of esters is 1. The molecule has 0 radical (unpaired) electrons. The maximum absolute atomic E-state index is 11.3. The van der Waals surface area contributed by atoms with E-state index in [1.54, 1.807) is 0 Å². The number of rotatable bonds is 1. The minimum absolute atomic E-state index is 0.111. The lowest BCUT2D eigenvalue weighted by Gasteiger charge is -2.18. The molecule has 0 aromatic heterocycles. The van der Waals surface area contributed by atoms with Crippen molar-refractivity contribution in [2.75, 3.05) is 7.11 Å². The van der Waals surface area contributed by atoms with E-state index in [0.717, 1.165) is 17.9 Å². The zero-order valence-corrected chi connectivity index (χ0v) is 7.38. The Morgan fingerprint density at radius 2 is 2.42 bits per heavy atom. The third kappa shape index (κ3) is 1.15. The molecule has 2 bridgehead atoms. The maximum Gasteiger partial charge on any atom is 0.333 e. The highest BCUT2D eigenvalue weighted by Gasteiger charge is 2.33. The van der Waals surface area contributed by atoms with Crippen LogP contribution >= 0.6 is 0 Å². The Morgan fingerprint density at radius 3 is 3.17 bits per heavy atom. The van der Waals surface area contributed by atoms with Crippen molar-refractivity contribution >= 4 is 5.97 Å². The van der Waals surface area contributed by atoms with Crippen LogP contribution in [0.5, 0.6) is 0 Å². The average Bonchev–Trinajstić information content (AvgIpc) is 2.47. The number of hydrogen-bond acceptors (Lipinski definition) is 2. The number of hydrogen-bond donors (Lipinski definition) is 0. The van der Waals surface area contributed by atoms with Crippen LogP contribution in [0.4, 0.5) is 0 Å². The van der Waals surface area contributed by atoms with Crippen LogP contribution in [0.15, 0.2) is 11.6 Å². The summed E-state index contributed by atoms with van der Waals surface area (Å²) in [5.74, 6) is 1.25. The molecule has 0 saturated heterocycles. The van der Waals surface area contributed by atoms with Gasteiger partial charge in [-0.15, -0.1) is 0 Å². The second-order valence-corrected chi connectivity index (χ2v) is 3.76. The predicted octanol–water partition coefficient (Wildman–Crippen LogP) is 1.91. The van der Waals surface area contributed by atoms with Crippen molar-refractivity contribution in [2.45, 2.75) is 25.7 Å². The number of carbonyl (C=O) groups excluding carboxylic acids is 1. The number of fused-ring (bicyclic) bond motifs is 2. The van der Waals surface area contributed by atoms with E-state index in [-0.39, 0.29) is 5.97 Å². The van der Waals surface area contributed by atoms with Crippen LogP contribution in [0.25, 0.3) is 0 Å². The first kappa shape index (κ1) is 7.84. The van der Waals surface area contributed by atoms with E-state index in [0.29, 0.717) is 5.92 Å². The Kier molecular flexibility index (Phi) is 1.91. The van der Waals surface area contributed by atoms with E-state index < -0.39 is 0 Å². The maximum atomic E-state index is 11.3. The van der Waals surface area contributed by atoms with Crippen LogP contribution < -0.4 is 0 Å². The Morgan fingerprint density at radius 1 is 1.58 bits per heavy atom. The first-order chi connectivity index (χ1) is 5.81. The molecule has 2 rings (SSSR count). The van der Waals surface area contributed by atoms with Crippen molar-refractivity contribution in [3.05, 3.63) is 11.6 Å². The van der Waals surface area contributed by atoms with Gasteiger partial charge in [-0.1, -0.05) is 6.08 Å². The molecular weight excluding hydrogens is 152 g/mol. The van der Waals surface area contributed by atoms with Gasteiger partial charge in [0.15, 0.2) is 0 Å². The molecule has 0 aliphatic heterocycles. The number of carbonyl (C=O) groups is 1. The van der Waals surface area contributed by atoms with E-state index in [4.69, 9.17) is 4.74 Å². The summed E-state index contributed by atoms with van der Waals surface area (Å²) in [4.78, 5) is 11.3. The summed E-state index contributed by atoms with van der Waals surface area (Å²) < 4.78 is 4.73. The molecule has 2 atom stereocenters. The molecule has 2 heteroatoms. The highest BCUT2D eigenvalue weighted by atomic mass is 16.5. The molecule has 0 aromatic carbocycles. The van der Waals surface area contributed by atoms with Crippen molar-refractivity contribution in [3.63, 3.8) is 0 Å². The minimum atomic E-state index is -0.111. The van der Waals surface area contributed by atoms with Gasteiger partial charge in [0, 0.05) is 5.57 Å². The summed E-state index contributed by atoms with van der Waals surface area (Å²) in [5.41, 5.74) is 0.936. The number of allylic oxidation sites excluding steroid dienone is 1. The van der Waals surface area contributed by atoms with Crippen LogP contribution in [0.3, 0.4) is 0 Å². The quantitative estimate of drug-likeness (QED) is 0.556. The lowest BCUT2D eigenvalue weighted by Crippen LogP contribution is -2.15. The van der Waals surface area contributed by atoms with Crippen LogP contribution in [0.2, 0.25) is 0 Å². The normalized spacial score (nSPS) is 32.9. The molecule has 2 nitrogen and oxygen atoms in total. The summed E-state index contributed by atoms with van der Waals surface area (Å²) in [6.45, 7) is 0. The largest absolute Gasteiger partial charge is 0.466 e.